The Bertz CT molecular complexity index is 594. The van der Waals surface area contributed by atoms with Crippen LogP contribution in [-0.2, 0) is 0 Å². The van der Waals surface area contributed by atoms with Gasteiger partial charge in [0, 0.05) is 0 Å². The fraction of sp³-hybridized carbons (Fsp3) is 0.111. The van der Waals surface area contributed by atoms with Gasteiger partial charge in [0.15, 0.2) is 5.65 Å². The van der Waals surface area contributed by atoms with Crippen LogP contribution in [0.1, 0.15) is 12.1 Å². The Labute approximate surface area is 85.1 Å². The Hall–Kier alpha value is -2.60. The zero-order valence-corrected chi connectivity index (χ0v) is 7.65. The highest BCUT2D eigenvalue weighted by Gasteiger charge is 2.07. The SMILES string of the molecule is N#CCC#Cc1[nH]nc2ncnc(N)c12. The molecule has 6 nitrogen and oxygen atoms in total. The lowest BCUT2D eigenvalue weighted by Gasteiger charge is -1.91. The first kappa shape index (κ1) is 8.97. The fourth-order valence-corrected chi connectivity index (χ4v) is 1.14. The fourth-order valence-electron chi connectivity index (χ4n) is 1.14. The van der Waals surface area contributed by atoms with Gasteiger partial charge in [0.1, 0.15) is 17.8 Å². The lowest BCUT2D eigenvalue weighted by molar-refractivity contribution is 1.08. The average Bonchev–Trinajstić information content (AvgIpc) is 2.63. The van der Waals surface area contributed by atoms with Gasteiger partial charge in [-0.3, -0.25) is 5.10 Å². The third kappa shape index (κ3) is 1.56. The van der Waals surface area contributed by atoms with E-state index < -0.39 is 0 Å². The van der Waals surface area contributed by atoms with Crippen molar-refractivity contribution in [2.24, 2.45) is 0 Å². The molecule has 0 aliphatic carbocycles. The number of nitrogens with two attached hydrogens (primary N) is 1. The molecule has 2 aromatic rings. The Morgan fingerprint density at radius 1 is 1.47 bits per heavy atom. The number of nitrogen functional groups attached to an aromatic ring is 1. The molecule has 0 aliphatic rings. The minimum Gasteiger partial charge on any atom is -0.383 e. The van der Waals surface area contributed by atoms with Crippen LogP contribution in [0.15, 0.2) is 6.33 Å². The van der Waals surface area contributed by atoms with E-state index in [2.05, 4.69) is 32.0 Å². The predicted octanol–water partition coefficient (Wildman–Crippen LogP) is 0.200. The molecule has 15 heavy (non-hydrogen) atoms. The van der Waals surface area contributed by atoms with Gasteiger partial charge in [-0.2, -0.15) is 10.4 Å². The summed E-state index contributed by atoms with van der Waals surface area (Å²) in [4.78, 5) is 7.77. The smallest absolute Gasteiger partial charge is 0.187 e. The number of rotatable bonds is 0. The predicted molar refractivity (Wildman–Crippen MR) is 53.2 cm³/mol. The molecule has 0 aliphatic heterocycles. The highest BCUT2D eigenvalue weighted by atomic mass is 15.2. The Morgan fingerprint density at radius 2 is 2.33 bits per heavy atom. The maximum atomic E-state index is 8.34. The van der Waals surface area contributed by atoms with Crippen LogP contribution in [0.25, 0.3) is 11.0 Å². The van der Waals surface area contributed by atoms with Crippen LogP contribution in [0.2, 0.25) is 0 Å². The highest BCUT2D eigenvalue weighted by molar-refractivity contribution is 5.89. The van der Waals surface area contributed by atoms with E-state index >= 15 is 0 Å². The lowest BCUT2D eigenvalue weighted by atomic mass is 10.3. The van der Waals surface area contributed by atoms with Crippen molar-refractivity contribution >= 4 is 16.9 Å². The summed E-state index contributed by atoms with van der Waals surface area (Å²) in [6.45, 7) is 0. The Morgan fingerprint density at radius 3 is 3.13 bits per heavy atom. The van der Waals surface area contributed by atoms with E-state index in [0.717, 1.165) is 0 Å². The summed E-state index contributed by atoms with van der Waals surface area (Å²) in [5.41, 5.74) is 6.68. The van der Waals surface area contributed by atoms with Crippen LogP contribution in [0.5, 0.6) is 0 Å². The van der Waals surface area contributed by atoms with Crippen molar-refractivity contribution < 1.29 is 0 Å². The van der Waals surface area contributed by atoms with Crippen LogP contribution >= 0.6 is 0 Å². The van der Waals surface area contributed by atoms with Crippen LogP contribution < -0.4 is 5.73 Å². The number of hydrogen-bond acceptors (Lipinski definition) is 5. The minimum atomic E-state index is 0.161. The van der Waals surface area contributed by atoms with Gasteiger partial charge in [-0.05, 0) is 5.92 Å². The van der Waals surface area contributed by atoms with Crippen LogP contribution in [-0.4, -0.2) is 20.2 Å². The number of H-pyrrole nitrogens is 1. The van der Waals surface area contributed by atoms with Gasteiger partial charge in [0.05, 0.1) is 17.9 Å². The van der Waals surface area contributed by atoms with Crippen molar-refractivity contribution in [1.29, 1.82) is 5.26 Å². The summed E-state index contributed by atoms with van der Waals surface area (Å²) in [6, 6.07) is 1.92. The van der Waals surface area contributed by atoms with Crippen molar-refractivity contribution in [3.8, 4) is 17.9 Å². The van der Waals surface area contributed by atoms with Crippen molar-refractivity contribution in [3.63, 3.8) is 0 Å². The second kappa shape index (κ2) is 3.64. The third-order valence-electron chi connectivity index (χ3n) is 1.76. The first-order valence-electron chi connectivity index (χ1n) is 4.13. The third-order valence-corrected chi connectivity index (χ3v) is 1.76. The van der Waals surface area contributed by atoms with E-state index in [9.17, 15) is 0 Å². The normalized spacial score (nSPS) is 9.27. The van der Waals surface area contributed by atoms with E-state index in [1.54, 1.807) is 0 Å². The topological polar surface area (TPSA) is 104 Å². The molecule has 0 radical (unpaired) electrons. The molecular formula is C9H6N6. The van der Waals surface area contributed by atoms with Gasteiger partial charge in [-0.15, -0.1) is 0 Å². The molecule has 0 fully saturated rings. The largest absolute Gasteiger partial charge is 0.383 e. The summed E-state index contributed by atoms with van der Waals surface area (Å²) in [5.74, 6) is 5.75. The van der Waals surface area contributed by atoms with Crippen molar-refractivity contribution in [1.82, 2.24) is 20.2 Å². The molecule has 2 rings (SSSR count). The van der Waals surface area contributed by atoms with Gasteiger partial charge in [-0.25, -0.2) is 9.97 Å². The van der Waals surface area contributed by atoms with Gasteiger partial charge in [-0.1, -0.05) is 5.92 Å². The molecule has 0 bridgehead atoms. The summed E-state index contributed by atoms with van der Waals surface area (Å²) in [7, 11) is 0. The van der Waals surface area contributed by atoms with Gasteiger partial charge in [0.25, 0.3) is 0 Å². The van der Waals surface area contributed by atoms with E-state index in [1.807, 2.05) is 6.07 Å². The molecule has 3 N–H and O–H groups in total. The van der Waals surface area contributed by atoms with Crippen molar-refractivity contribution in [2.75, 3.05) is 5.73 Å². The first-order valence-corrected chi connectivity index (χ1v) is 4.13. The number of fused-ring (bicyclic) bond motifs is 1. The first-order chi connectivity index (χ1) is 7.33. The summed E-state index contributed by atoms with van der Waals surface area (Å²) >= 11 is 0. The number of aromatic nitrogens is 4. The highest BCUT2D eigenvalue weighted by Crippen LogP contribution is 2.17. The Balaban J connectivity index is 2.55. The van der Waals surface area contributed by atoms with Crippen molar-refractivity contribution in [3.05, 3.63) is 12.0 Å². The number of nitrogens with zero attached hydrogens (tertiary/aromatic N) is 4. The van der Waals surface area contributed by atoms with Crippen LogP contribution in [0.3, 0.4) is 0 Å². The number of hydrogen-bond donors (Lipinski definition) is 2. The molecule has 2 heterocycles. The summed E-state index contributed by atoms with van der Waals surface area (Å²) in [6.07, 6.45) is 1.50. The molecule has 6 heteroatoms. The van der Waals surface area contributed by atoms with Gasteiger partial charge < -0.3 is 5.73 Å². The van der Waals surface area contributed by atoms with E-state index in [1.165, 1.54) is 6.33 Å². The molecular weight excluding hydrogens is 192 g/mol. The zero-order valence-electron chi connectivity index (χ0n) is 7.65. The van der Waals surface area contributed by atoms with Crippen molar-refractivity contribution in [2.45, 2.75) is 6.42 Å². The summed E-state index contributed by atoms with van der Waals surface area (Å²) < 4.78 is 0. The van der Waals surface area contributed by atoms with Crippen LogP contribution in [0, 0.1) is 23.2 Å². The van der Waals surface area contributed by atoms with E-state index in [-0.39, 0.29) is 6.42 Å². The molecule has 2 aromatic heterocycles. The number of nitriles is 1. The average molecular weight is 198 g/mol. The summed E-state index contributed by atoms with van der Waals surface area (Å²) in [5, 5.41) is 15.5. The maximum Gasteiger partial charge on any atom is 0.187 e. The quantitative estimate of drug-likeness (QED) is 0.588. The zero-order chi connectivity index (χ0) is 10.7. The monoisotopic (exact) mass is 198 g/mol. The maximum absolute atomic E-state index is 8.34. The van der Waals surface area contributed by atoms with Gasteiger partial charge in [0.2, 0.25) is 0 Å². The molecule has 0 unspecified atom stereocenters. The molecule has 0 saturated carbocycles. The number of aromatic amines is 1. The molecule has 0 atom stereocenters. The number of anilines is 1. The van der Waals surface area contributed by atoms with Gasteiger partial charge >= 0.3 is 0 Å². The molecule has 0 aromatic carbocycles. The van der Waals surface area contributed by atoms with Crippen LogP contribution in [0.4, 0.5) is 5.82 Å². The second-order valence-corrected chi connectivity index (χ2v) is 2.69. The molecule has 0 amide bonds. The molecule has 72 valence electrons. The molecule has 0 spiro atoms. The number of nitrogens with one attached hydrogen (secondary N) is 1. The van der Waals surface area contributed by atoms with E-state index in [4.69, 9.17) is 11.0 Å². The Kier molecular flexibility index (Phi) is 2.18. The lowest BCUT2D eigenvalue weighted by Crippen LogP contribution is -1.92. The standard InChI is InChI=1S/C9H6N6/c10-4-2-1-3-6-7-8(11)12-5-13-9(7)15-14-6/h5H,2H2,(H3,11,12,13,14,15). The molecule has 0 saturated heterocycles. The second-order valence-electron chi connectivity index (χ2n) is 2.69. The minimum absolute atomic E-state index is 0.161. The van der Waals surface area contributed by atoms with E-state index in [0.29, 0.717) is 22.5 Å².